The van der Waals surface area contributed by atoms with Crippen molar-refractivity contribution in [2.45, 2.75) is 38.0 Å². The Labute approximate surface area is 152 Å². The topological polar surface area (TPSA) is 63.4 Å². The molecule has 1 aliphatic carbocycles. The molecule has 1 aliphatic heterocycles. The maximum Gasteiger partial charge on any atom is 0.214 e. The largest absolute Gasteiger partial charge is 0.330 e. The number of halogens is 1. The molecule has 24 heavy (non-hydrogen) atoms. The summed E-state index contributed by atoms with van der Waals surface area (Å²) in [5.74, 6) is 1.12. The van der Waals surface area contributed by atoms with Crippen LogP contribution in [0, 0.1) is 11.8 Å². The second-order valence-corrected chi connectivity index (χ2v) is 9.13. The Morgan fingerprint density at radius 2 is 1.71 bits per heavy atom. The zero-order valence-electron chi connectivity index (χ0n) is 14.1. The van der Waals surface area contributed by atoms with Gasteiger partial charge in [-0.2, -0.15) is 0 Å². The minimum absolute atomic E-state index is 0. The summed E-state index contributed by atoms with van der Waals surface area (Å²) in [5, 5.41) is 0. The molecule has 2 atom stereocenters. The SMILES string of the molecule is Cl.NC[C@@H]1CN(S(=O)(=O)CC2CCCCC2)C[C@H]1c1ccccc1. The fourth-order valence-corrected chi connectivity index (χ4v) is 6.08. The van der Waals surface area contributed by atoms with Crippen LogP contribution in [-0.4, -0.2) is 38.1 Å². The lowest BCUT2D eigenvalue weighted by Crippen LogP contribution is -2.34. The van der Waals surface area contributed by atoms with Crippen molar-refractivity contribution >= 4 is 22.4 Å². The molecule has 1 saturated carbocycles. The van der Waals surface area contributed by atoms with Crippen LogP contribution >= 0.6 is 12.4 Å². The van der Waals surface area contributed by atoms with Crippen LogP contribution in [0.2, 0.25) is 0 Å². The number of benzene rings is 1. The highest BCUT2D eigenvalue weighted by Crippen LogP contribution is 2.35. The zero-order chi connectivity index (χ0) is 16.3. The number of rotatable bonds is 5. The van der Waals surface area contributed by atoms with E-state index in [0.717, 1.165) is 12.8 Å². The second-order valence-electron chi connectivity index (χ2n) is 7.11. The van der Waals surface area contributed by atoms with E-state index in [1.807, 2.05) is 18.2 Å². The van der Waals surface area contributed by atoms with Crippen molar-refractivity contribution in [3.05, 3.63) is 35.9 Å². The van der Waals surface area contributed by atoms with E-state index in [2.05, 4.69) is 12.1 Å². The quantitative estimate of drug-likeness (QED) is 0.864. The summed E-state index contributed by atoms with van der Waals surface area (Å²) in [6.07, 6.45) is 5.74. The molecule has 0 spiro atoms. The number of hydrogen-bond acceptors (Lipinski definition) is 3. The van der Waals surface area contributed by atoms with Crippen LogP contribution in [0.5, 0.6) is 0 Å². The standard InChI is InChI=1S/C18H28N2O2S.ClH/c19-11-17-12-20(13-18(17)16-9-5-2-6-10-16)23(21,22)14-15-7-3-1-4-8-15;/h2,5-6,9-10,15,17-18H,1,3-4,7-8,11-14,19H2;1H/t17-,18+;/m1./s1. The molecule has 4 nitrogen and oxygen atoms in total. The Kier molecular flexibility index (Phi) is 7.10. The van der Waals surface area contributed by atoms with Gasteiger partial charge in [0.2, 0.25) is 10.0 Å². The highest BCUT2D eigenvalue weighted by Gasteiger charge is 2.39. The lowest BCUT2D eigenvalue weighted by Gasteiger charge is -2.24. The van der Waals surface area contributed by atoms with Gasteiger partial charge in [0.1, 0.15) is 0 Å². The van der Waals surface area contributed by atoms with Gasteiger partial charge in [0.25, 0.3) is 0 Å². The van der Waals surface area contributed by atoms with E-state index >= 15 is 0 Å². The average Bonchev–Trinajstić information content (AvgIpc) is 3.01. The molecule has 136 valence electrons. The van der Waals surface area contributed by atoms with Crippen LogP contribution < -0.4 is 5.73 Å². The van der Waals surface area contributed by atoms with Gasteiger partial charge >= 0.3 is 0 Å². The summed E-state index contributed by atoms with van der Waals surface area (Å²) >= 11 is 0. The van der Waals surface area contributed by atoms with E-state index in [9.17, 15) is 8.42 Å². The van der Waals surface area contributed by atoms with E-state index in [1.165, 1.54) is 24.8 Å². The minimum atomic E-state index is -3.17. The molecule has 1 aromatic carbocycles. The van der Waals surface area contributed by atoms with Crippen LogP contribution in [0.15, 0.2) is 30.3 Å². The van der Waals surface area contributed by atoms with Crippen molar-refractivity contribution in [2.24, 2.45) is 17.6 Å². The molecular weight excluding hydrogens is 344 g/mol. The third-order valence-electron chi connectivity index (χ3n) is 5.50. The molecule has 2 aliphatic rings. The van der Waals surface area contributed by atoms with E-state index in [1.54, 1.807) is 4.31 Å². The molecule has 0 bridgehead atoms. The van der Waals surface area contributed by atoms with Crippen LogP contribution in [0.25, 0.3) is 0 Å². The maximum atomic E-state index is 12.8. The Balaban J connectivity index is 0.00000208. The highest BCUT2D eigenvalue weighted by atomic mass is 35.5. The number of nitrogens with zero attached hydrogens (tertiary/aromatic N) is 1. The first-order chi connectivity index (χ1) is 11.1. The van der Waals surface area contributed by atoms with Crippen molar-refractivity contribution in [2.75, 3.05) is 25.4 Å². The molecule has 1 heterocycles. The normalized spacial score (nSPS) is 26.2. The molecule has 0 radical (unpaired) electrons. The fraction of sp³-hybridized carbons (Fsp3) is 0.667. The smallest absolute Gasteiger partial charge is 0.214 e. The molecule has 2 fully saturated rings. The van der Waals surface area contributed by atoms with Crippen molar-refractivity contribution in [3.63, 3.8) is 0 Å². The van der Waals surface area contributed by atoms with Crippen LogP contribution in [0.3, 0.4) is 0 Å². The number of sulfonamides is 1. The first-order valence-electron chi connectivity index (χ1n) is 8.83. The Morgan fingerprint density at radius 3 is 2.33 bits per heavy atom. The lowest BCUT2D eigenvalue weighted by molar-refractivity contribution is 0.374. The molecule has 0 aromatic heterocycles. The van der Waals surface area contributed by atoms with Gasteiger partial charge in [0.05, 0.1) is 5.75 Å². The monoisotopic (exact) mass is 372 g/mol. The Bertz CT molecular complexity index is 603. The number of hydrogen-bond donors (Lipinski definition) is 1. The van der Waals surface area contributed by atoms with Gasteiger partial charge < -0.3 is 5.73 Å². The summed E-state index contributed by atoms with van der Waals surface area (Å²) < 4.78 is 27.4. The van der Waals surface area contributed by atoms with Crippen LogP contribution in [0.4, 0.5) is 0 Å². The molecular formula is C18H29ClN2O2S. The first-order valence-corrected chi connectivity index (χ1v) is 10.4. The summed E-state index contributed by atoms with van der Waals surface area (Å²) in [7, 11) is -3.17. The van der Waals surface area contributed by atoms with Crippen molar-refractivity contribution in [1.82, 2.24) is 4.31 Å². The second kappa shape index (κ2) is 8.65. The first kappa shape index (κ1) is 19.7. The summed E-state index contributed by atoms with van der Waals surface area (Å²) in [4.78, 5) is 0. The average molecular weight is 373 g/mol. The lowest BCUT2D eigenvalue weighted by atomic mass is 9.89. The van der Waals surface area contributed by atoms with Crippen molar-refractivity contribution in [3.8, 4) is 0 Å². The van der Waals surface area contributed by atoms with Gasteiger partial charge in [0, 0.05) is 19.0 Å². The van der Waals surface area contributed by atoms with Crippen molar-refractivity contribution in [1.29, 1.82) is 0 Å². The van der Waals surface area contributed by atoms with E-state index < -0.39 is 10.0 Å². The third kappa shape index (κ3) is 4.51. The highest BCUT2D eigenvalue weighted by molar-refractivity contribution is 7.89. The molecule has 3 rings (SSSR count). The summed E-state index contributed by atoms with van der Waals surface area (Å²) in [6.45, 7) is 1.70. The predicted molar refractivity (Wildman–Crippen MR) is 101 cm³/mol. The molecule has 6 heteroatoms. The molecule has 0 amide bonds. The maximum absolute atomic E-state index is 12.8. The minimum Gasteiger partial charge on any atom is -0.330 e. The van der Waals surface area contributed by atoms with Crippen LogP contribution in [-0.2, 0) is 10.0 Å². The van der Waals surface area contributed by atoms with Gasteiger partial charge in [-0.05, 0) is 36.8 Å². The van der Waals surface area contributed by atoms with Crippen LogP contribution in [0.1, 0.15) is 43.6 Å². The van der Waals surface area contributed by atoms with E-state index in [-0.39, 0.29) is 24.2 Å². The number of nitrogens with two attached hydrogens (primary N) is 1. The summed E-state index contributed by atoms with van der Waals surface area (Å²) in [6, 6.07) is 10.2. The molecule has 1 saturated heterocycles. The van der Waals surface area contributed by atoms with Gasteiger partial charge in [0.15, 0.2) is 0 Å². The Morgan fingerprint density at radius 1 is 1.04 bits per heavy atom. The van der Waals surface area contributed by atoms with E-state index in [0.29, 0.717) is 31.3 Å². The van der Waals surface area contributed by atoms with Crippen molar-refractivity contribution < 1.29 is 8.42 Å². The third-order valence-corrected chi connectivity index (χ3v) is 7.48. The molecule has 2 N–H and O–H groups in total. The fourth-order valence-electron chi connectivity index (χ4n) is 4.13. The van der Waals surface area contributed by atoms with Gasteiger partial charge in [-0.25, -0.2) is 12.7 Å². The van der Waals surface area contributed by atoms with Gasteiger partial charge in [-0.1, -0.05) is 49.6 Å². The predicted octanol–water partition coefficient (Wildman–Crippen LogP) is 2.99. The Hall–Kier alpha value is -0.620. The van der Waals surface area contributed by atoms with Gasteiger partial charge in [-0.15, -0.1) is 12.4 Å². The molecule has 0 unspecified atom stereocenters. The van der Waals surface area contributed by atoms with Gasteiger partial charge in [-0.3, -0.25) is 0 Å². The van der Waals surface area contributed by atoms with E-state index in [4.69, 9.17) is 5.73 Å². The molecule has 1 aromatic rings. The summed E-state index contributed by atoms with van der Waals surface area (Å²) in [5.41, 5.74) is 7.14. The zero-order valence-corrected chi connectivity index (χ0v) is 15.8.